The van der Waals surface area contributed by atoms with Crippen molar-refractivity contribution < 1.29 is 40.4 Å². The van der Waals surface area contributed by atoms with Crippen molar-refractivity contribution in [1.29, 1.82) is 0 Å². The first-order chi connectivity index (χ1) is 22.0. The first-order valence-electron chi connectivity index (χ1n) is 15.9. The lowest BCUT2D eigenvalue weighted by Crippen LogP contribution is -2.29. The predicted molar refractivity (Wildman–Crippen MR) is 184 cm³/mol. The maximum Gasteiger partial charge on any atom is 0.303 e. The van der Waals surface area contributed by atoms with Crippen LogP contribution in [-0.2, 0) is 35.9 Å². The molecule has 0 aromatic heterocycles. The number of hydrogen-bond donors (Lipinski definition) is 3. The molecule has 0 bridgehead atoms. The Labute approximate surface area is 278 Å². The van der Waals surface area contributed by atoms with Gasteiger partial charge in [-0.3, -0.25) is 13.9 Å². The van der Waals surface area contributed by atoms with Crippen LogP contribution in [0.15, 0.2) is 83.4 Å². The number of fused-ring (bicyclic) bond motifs is 2. The molecular formula is C35H45N2O8S2+. The molecule has 254 valence electrons. The molecule has 0 aliphatic carbocycles. The van der Waals surface area contributed by atoms with Crippen molar-refractivity contribution in [3.8, 4) is 0 Å². The number of aliphatic carboxylic acids is 1. The normalized spacial score (nSPS) is 20.1. The first-order valence-corrected chi connectivity index (χ1v) is 18.9. The van der Waals surface area contributed by atoms with Gasteiger partial charge in [-0.05, 0) is 83.2 Å². The van der Waals surface area contributed by atoms with Gasteiger partial charge in [-0.2, -0.15) is 21.4 Å². The highest BCUT2D eigenvalue weighted by Crippen LogP contribution is 2.50. The summed E-state index contributed by atoms with van der Waals surface area (Å²) in [6.07, 6.45) is 12.9. The molecule has 1 atom stereocenters. The van der Waals surface area contributed by atoms with Crippen LogP contribution in [-0.4, -0.2) is 66.1 Å². The monoisotopic (exact) mass is 685 g/mol. The highest BCUT2D eigenvalue weighted by Gasteiger charge is 2.45. The van der Waals surface area contributed by atoms with Crippen molar-refractivity contribution in [2.45, 2.75) is 81.9 Å². The molecule has 2 aromatic carbocycles. The van der Waals surface area contributed by atoms with E-state index in [4.69, 9.17) is 5.11 Å². The first kappa shape index (κ1) is 36.3. The van der Waals surface area contributed by atoms with Gasteiger partial charge in [0.2, 0.25) is 5.69 Å². The number of carboxylic acids is 1. The van der Waals surface area contributed by atoms with E-state index in [1.807, 2.05) is 63.3 Å². The molecule has 2 aliphatic heterocycles. The minimum absolute atomic E-state index is 0.103. The zero-order valence-electron chi connectivity index (χ0n) is 27.4. The van der Waals surface area contributed by atoms with Gasteiger partial charge in [-0.1, -0.05) is 42.8 Å². The number of unbranched alkanes of at least 4 members (excludes halogenated alkanes) is 2. The lowest BCUT2D eigenvalue weighted by atomic mass is 9.77. The van der Waals surface area contributed by atoms with Gasteiger partial charge < -0.3 is 10.0 Å². The molecule has 0 radical (unpaired) electrons. The number of hydrogen-bond acceptors (Lipinski definition) is 6. The van der Waals surface area contributed by atoms with Gasteiger partial charge in [0.05, 0.1) is 16.1 Å². The smallest absolute Gasteiger partial charge is 0.303 e. The second kappa shape index (κ2) is 14.3. The van der Waals surface area contributed by atoms with Gasteiger partial charge in [0.15, 0.2) is 5.71 Å². The molecule has 0 spiro atoms. The third-order valence-corrected chi connectivity index (χ3v) is 10.9. The molecule has 1 unspecified atom stereocenters. The highest BCUT2D eigenvalue weighted by atomic mass is 32.2. The lowest BCUT2D eigenvalue weighted by Gasteiger charge is -2.30. The van der Waals surface area contributed by atoms with E-state index in [1.165, 1.54) is 12.1 Å². The van der Waals surface area contributed by atoms with Gasteiger partial charge >= 0.3 is 5.97 Å². The molecule has 0 saturated heterocycles. The fourth-order valence-corrected chi connectivity index (χ4v) is 7.92. The summed E-state index contributed by atoms with van der Waals surface area (Å²) in [5.74, 6) is -1.12. The van der Waals surface area contributed by atoms with E-state index in [1.54, 1.807) is 6.07 Å². The van der Waals surface area contributed by atoms with Crippen molar-refractivity contribution in [1.82, 2.24) is 0 Å². The van der Waals surface area contributed by atoms with Crippen LogP contribution in [0.5, 0.6) is 0 Å². The summed E-state index contributed by atoms with van der Waals surface area (Å²) in [4.78, 5) is 13.2. The fraction of sp³-hybridized carbons (Fsp3) is 0.429. The van der Waals surface area contributed by atoms with Crippen LogP contribution in [0.25, 0.3) is 0 Å². The van der Waals surface area contributed by atoms with Gasteiger partial charge in [-0.25, -0.2) is 0 Å². The Bertz CT molecular complexity index is 1860. The third kappa shape index (κ3) is 8.11. The number of benzene rings is 2. The van der Waals surface area contributed by atoms with E-state index in [-0.39, 0.29) is 17.1 Å². The Hall–Kier alpha value is -3.58. The Kier molecular flexibility index (Phi) is 11.0. The molecule has 0 amide bonds. The predicted octanol–water partition coefficient (Wildman–Crippen LogP) is 6.42. The van der Waals surface area contributed by atoms with E-state index < -0.39 is 37.0 Å². The van der Waals surface area contributed by atoms with Crippen LogP contribution >= 0.6 is 0 Å². The molecule has 47 heavy (non-hydrogen) atoms. The number of carbonyl (C=O) groups is 1. The number of anilines is 1. The zero-order chi connectivity index (χ0) is 34.6. The Morgan fingerprint density at radius 1 is 0.915 bits per heavy atom. The molecule has 3 N–H and O–H groups in total. The quantitative estimate of drug-likeness (QED) is 0.0835. The van der Waals surface area contributed by atoms with Crippen LogP contribution in [0.3, 0.4) is 0 Å². The average molecular weight is 686 g/mol. The fourth-order valence-electron chi connectivity index (χ4n) is 6.84. The topological polar surface area (TPSA) is 152 Å². The lowest BCUT2D eigenvalue weighted by molar-refractivity contribution is -0.433. The number of para-hydroxylation sites is 1. The van der Waals surface area contributed by atoms with E-state index in [0.717, 1.165) is 46.8 Å². The summed E-state index contributed by atoms with van der Waals surface area (Å²) < 4.78 is 67.3. The number of nitrogens with zero attached hydrogens (tertiary/aromatic N) is 2. The van der Waals surface area contributed by atoms with Crippen molar-refractivity contribution in [3.63, 3.8) is 0 Å². The molecule has 10 nitrogen and oxygen atoms in total. The molecule has 12 heteroatoms. The Morgan fingerprint density at radius 3 is 2.30 bits per heavy atom. The van der Waals surface area contributed by atoms with Gasteiger partial charge in [-0.15, -0.1) is 0 Å². The SMILES string of the molecule is CC[N+]1=C(/C=C/C=C/C=C2/N(CCCCS(=O)(=O)O)c3ccccc3C2(C)CCCCC(=O)O)C(C)(C)c2cc(S(=O)(=O)O)ccc21. The van der Waals surface area contributed by atoms with E-state index in [0.29, 0.717) is 32.4 Å². The van der Waals surface area contributed by atoms with Crippen LogP contribution < -0.4 is 4.90 Å². The van der Waals surface area contributed by atoms with Crippen molar-refractivity contribution in [3.05, 3.63) is 89.7 Å². The zero-order valence-corrected chi connectivity index (χ0v) is 29.0. The van der Waals surface area contributed by atoms with Crippen LogP contribution in [0, 0.1) is 0 Å². The van der Waals surface area contributed by atoms with E-state index >= 15 is 0 Å². The van der Waals surface area contributed by atoms with Crippen LogP contribution in [0.2, 0.25) is 0 Å². The number of allylic oxidation sites excluding steroid dienone is 6. The van der Waals surface area contributed by atoms with Gasteiger partial charge in [0.25, 0.3) is 20.2 Å². The van der Waals surface area contributed by atoms with Gasteiger partial charge in [0, 0.05) is 47.5 Å². The Balaban J connectivity index is 1.64. The largest absolute Gasteiger partial charge is 0.481 e. The number of rotatable bonds is 15. The third-order valence-electron chi connectivity index (χ3n) is 9.20. The second-order valence-electron chi connectivity index (χ2n) is 12.8. The molecule has 0 fully saturated rings. The van der Waals surface area contributed by atoms with E-state index in [2.05, 4.69) is 28.5 Å². The molecule has 0 saturated carbocycles. The summed E-state index contributed by atoms with van der Waals surface area (Å²) in [5, 5.41) is 9.17. The number of carboxylic acid groups (broad SMARTS) is 1. The standard InChI is InChI=1S/C35H44N2O8S2/c1-5-36-30-21-20-26(47(43,44)45)25-28(30)34(2,3)31(36)17-7-6-8-18-32-35(4,22-12-11-19-33(38)39)27-15-9-10-16-29(27)37(32)23-13-14-24-46(40,41)42/h6-10,15-18,20-21,25H,5,11-14,19,22-24H2,1-4H3,(H2-,38,39,40,41,42,43,44,45)/p+1. The minimum atomic E-state index is -4.34. The summed E-state index contributed by atoms with van der Waals surface area (Å²) >= 11 is 0. The summed E-state index contributed by atoms with van der Waals surface area (Å²) in [7, 11) is -8.39. The maximum atomic E-state index is 11.8. The molecule has 2 heterocycles. The van der Waals surface area contributed by atoms with Crippen molar-refractivity contribution in [2.75, 3.05) is 23.7 Å². The van der Waals surface area contributed by atoms with E-state index in [9.17, 15) is 30.7 Å². The molecule has 4 rings (SSSR count). The molecular weight excluding hydrogens is 641 g/mol. The molecule has 2 aromatic rings. The summed E-state index contributed by atoms with van der Waals surface area (Å²) in [6.45, 7) is 9.44. The Morgan fingerprint density at radius 2 is 1.64 bits per heavy atom. The van der Waals surface area contributed by atoms with Crippen molar-refractivity contribution >= 4 is 43.3 Å². The summed E-state index contributed by atoms with van der Waals surface area (Å²) in [6, 6.07) is 12.8. The highest BCUT2D eigenvalue weighted by molar-refractivity contribution is 7.86. The molecule has 2 aliphatic rings. The van der Waals surface area contributed by atoms with Crippen LogP contribution in [0.4, 0.5) is 11.4 Å². The minimum Gasteiger partial charge on any atom is -0.481 e. The maximum absolute atomic E-state index is 11.8. The van der Waals surface area contributed by atoms with Crippen LogP contribution in [0.1, 0.15) is 77.3 Å². The van der Waals surface area contributed by atoms with Gasteiger partial charge in [0.1, 0.15) is 6.54 Å². The average Bonchev–Trinajstić information content (AvgIpc) is 3.35. The second-order valence-corrected chi connectivity index (χ2v) is 15.8. The summed E-state index contributed by atoms with van der Waals surface area (Å²) in [5.41, 5.74) is 4.95. The van der Waals surface area contributed by atoms with Crippen molar-refractivity contribution in [2.24, 2.45) is 0 Å².